The molecule has 0 aromatic rings. The van der Waals surface area contributed by atoms with E-state index in [9.17, 15) is 0 Å². The van der Waals surface area contributed by atoms with Gasteiger partial charge in [0.2, 0.25) is 0 Å². The molecule has 1 unspecified atom stereocenters. The van der Waals surface area contributed by atoms with Crippen LogP contribution in [-0.4, -0.2) is 37.8 Å². The van der Waals surface area contributed by atoms with Gasteiger partial charge in [0.1, 0.15) is 0 Å². The molecule has 1 saturated heterocycles. The predicted octanol–water partition coefficient (Wildman–Crippen LogP) is 1.76. The van der Waals surface area contributed by atoms with Crippen molar-refractivity contribution < 1.29 is 4.74 Å². The highest BCUT2D eigenvalue weighted by atomic mass is 32.2. The Morgan fingerprint density at radius 3 is 3.15 bits per heavy atom. The summed E-state index contributed by atoms with van der Waals surface area (Å²) in [5.74, 6) is 3.32. The van der Waals surface area contributed by atoms with Crippen LogP contribution in [0.4, 0.5) is 0 Å². The first-order valence-electron chi connectivity index (χ1n) is 5.29. The second-order valence-corrected chi connectivity index (χ2v) is 4.88. The molecule has 0 aliphatic carbocycles. The van der Waals surface area contributed by atoms with Crippen LogP contribution < -0.4 is 5.32 Å². The first-order chi connectivity index (χ1) is 6.43. The number of thioether (sulfide) groups is 1. The van der Waals surface area contributed by atoms with Crippen LogP contribution in [0.5, 0.6) is 0 Å². The van der Waals surface area contributed by atoms with E-state index in [0.29, 0.717) is 0 Å². The van der Waals surface area contributed by atoms with Gasteiger partial charge in [-0.15, -0.1) is 0 Å². The molecule has 2 nitrogen and oxygen atoms in total. The molecule has 78 valence electrons. The van der Waals surface area contributed by atoms with Crippen LogP contribution in [0.25, 0.3) is 0 Å². The number of ether oxygens (including phenoxy) is 1. The second-order valence-electron chi connectivity index (χ2n) is 3.48. The molecule has 1 atom stereocenters. The molecular formula is C10H21NOS. The van der Waals surface area contributed by atoms with E-state index in [2.05, 4.69) is 12.2 Å². The molecule has 0 bridgehead atoms. The van der Waals surface area contributed by atoms with Gasteiger partial charge in [0.15, 0.2) is 0 Å². The summed E-state index contributed by atoms with van der Waals surface area (Å²) in [6.07, 6.45) is 2.54. The zero-order chi connectivity index (χ0) is 9.36. The van der Waals surface area contributed by atoms with Gasteiger partial charge < -0.3 is 10.1 Å². The van der Waals surface area contributed by atoms with E-state index in [-0.39, 0.29) is 0 Å². The second kappa shape index (κ2) is 7.65. The normalized spacial score (nSPS) is 22.4. The molecule has 0 aromatic carbocycles. The van der Waals surface area contributed by atoms with E-state index in [1.807, 2.05) is 11.8 Å². The maximum atomic E-state index is 5.31. The maximum absolute atomic E-state index is 5.31. The molecule has 1 heterocycles. The van der Waals surface area contributed by atoms with Crippen molar-refractivity contribution in [2.45, 2.75) is 19.8 Å². The van der Waals surface area contributed by atoms with Crippen molar-refractivity contribution in [1.82, 2.24) is 5.32 Å². The third-order valence-electron chi connectivity index (χ3n) is 2.30. The van der Waals surface area contributed by atoms with Gasteiger partial charge in [0.05, 0.1) is 6.61 Å². The van der Waals surface area contributed by atoms with E-state index >= 15 is 0 Å². The van der Waals surface area contributed by atoms with E-state index < -0.39 is 0 Å². The first-order valence-corrected chi connectivity index (χ1v) is 6.45. The van der Waals surface area contributed by atoms with Crippen LogP contribution in [0.1, 0.15) is 19.8 Å². The van der Waals surface area contributed by atoms with Crippen molar-refractivity contribution >= 4 is 11.8 Å². The van der Waals surface area contributed by atoms with Crippen molar-refractivity contribution in [3.8, 4) is 0 Å². The van der Waals surface area contributed by atoms with E-state index in [0.717, 1.165) is 25.7 Å². The number of nitrogens with one attached hydrogen (secondary N) is 1. The molecule has 0 aromatic heterocycles. The summed E-state index contributed by atoms with van der Waals surface area (Å²) in [5.41, 5.74) is 0. The lowest BCUT2D eigenvalue weighted by Crippen LogP contribution is -2.24. The lowest BCUT2D eigenvalue weighted by Gasteiger charge is -2.08. The lowest BCUT2D eigenvalue weighted by molar-refractivity contribution is 0.185. The minimum absolute atomic E-state index is 0.777. The third-order valence-corrected chi connectivity index (χ3v) is 3.29. The minimum atomic E-state index is 0.777. The van der Waals surface area contributed by atoms with Crippen molar-refractivity contribution in [1.29, 1.82) is 0 Å². The fourth-order valence-electron chi connectivity index (χ4n) is 1.49. The Kier molecular flexibility index (Phi) is 6.68. The molecule has 1 aliphatic rings. The van der Waals surface area contributed by atoms with Crippen LogP contribution in [0.15, 0.2) is 0 Å². The highest BCUT2D eigenvalue weighted by Gasteiger charge is 2.14. The van der Waals surface area contributed by atoms with Gasteiger partial charge >= 0.3 is 0 Å². The van der Waals surface area contributed by atoms with E-state index in [1.165, 1.54) is 30.9 Å². The number of hydrogen-bond acceptors (Lipinski definition) is 3. The Hall–Kier alpha value is 0.270. The summed E-state index contributed by atoms with van der Waals surface area (Å²) in [5, 5.41) is 3.49. The van der Waals surface area contributed by atoms with Crippen molar-refractivity contribution in [2.75, 3.05) is 37.8 Å². The Balaban J connectivity index is 1.78. The first kappa shape index (κ1) is 11.3. The Labute approximate surface area is 85.8 Å². The maximum Gasteiger partial charge on any atom is 0.0507 e. The molecular weight excluding hydrogens is 182 g/mol. The molecule has 3 heteroatoms. The predicted molar refractivity (Wildman–Crippen MR) is 59.4 cm³/mol. The Morgan fingerprint density at radius 1 is 1.54 bits per heavy atom. The Bertz CT molecular complexity index is 115. The SMILES string of the molecule is CCSCCCNCC1CCOC1. The Morgan fingerprint density at radius 2 is 2.46 bits per heavy atom. The third kappa shape index (κ3) is 5.55. The standard InChI is InChI=1S/C10H21NOS/c1-2-13-7-3-5-11-8-10-4-6-12-9-10/h10-11H,2-9H2,1H3. The van der Waals surface area contributed by atoms with E-state index in [1.54, 1.807) is 0 Å². The fraction of sp³-hybridized carbons (Fsp3) is 1.00. The average Bonchev–Trinajstić information content (AvgIpc) is 2.63. The number of hydrogen-bond donors (Lipinski definition) is 1. The van der Waals surface area contributed by atoms with Gasteiger partial charge in [-0.05, 0) is 36.8 Å². The molecule has 0 radical (unpaired) electrons. The van der Waals surface area contributed by atoms with Crippen LogP contribution in [-0.2, 0) is 4.74 Å². The molecule has 1 N–H and O–H groups in total. The molecule has 1 aliphatic heterocycles. The van der Waals surface area contributed by atoms with Crippen LogP contribution in [0, 0.1) is 5.92 Å². The zero-order valence-corrected chi connectivity index (χ0v) is 9.37. The summed E-state index contributed by atoms with van der Waals surface area (Å²) < 4.78 is 5.31. The largest absolute Gasteiger partial charge is 0.381 e. The summed E-state index contributed by atoms with van der Waals surface area (Å²) in [6.45, 7) is 6.48. The van der Waals surface area contributed by atoms with Crippen LogP contribution in [0.3, 0.4) is 0 Å². The van der Waals surface area contributed by atoms with Gasteiger partial charge in [0.25, 0.3) is 0 Å². The highest BCUT2D eigenvalue weighted by Crippen LogP contribution is 2.10. The molecule has 0 saturated carbocycles. The summed E-state index contributed by atoms with van der Waals surface area (Å²) >= 11 is 2.03. The minimum Gasteiger partial charge on any atom is -0.381 e. The molecule has 0 amide bonds. The summed E-state index contributed by atoms with van der Waals surface area (Å²) in [7, 11) is 0. The molecule has 1 rings (SSSR count). The highest BCUT2D eigenvalue weighted by molar-refractivity contribution is 7.99. The van der Waals surface area contributed by atoms with Gasteiger partial charge in [-0.25, -0.2) is 0 Å². The lowest BCUT2D eigenvalue weighted by atomic mass is 10.1. The molecule has 13 heavy (non-hydrogen) atoms. The molecule has 0 spiro atoms. The fourth-order valence-corrected chi connectivity index (χ4v) is 2.13. The van der Waals surface area contributed by atoms with Crippen molar-refractivity contribution in [3.05, 3.63) is 0 Å². The average molecular weight is 203 g/mol. The summed E-state index contributed by atoms with van der Waals surface area (Å²) in [6, 6.07) is 0. The topological polar surface area (TPSA) is 21.3 Å². The van der Waals surface area contributed by atoms with Crippen molar-refractivity contribution in [2.24, 2.45) is 5.92 Å². The van der Waals surface area contributed by atoms with Crippen LogP contribution in [0.2, 0.25) is 0 Å². The quantitative estimate of drug-likeness (QED) is 0.637. The van der Waals surface area contributed by atoms with Gasteiger partial charge in [-0.3, -0.25) is 0 Å². The molecule has 1 fully saturated rings. The van der Waals surface area contributed by atoms with Gasteiger partial charge in [0, 0.05) is 13.2 Å². The number of rotatable bonds is 7. The zero-order valence-electron chi connectivity index (χ0n) is 8.55. The van der Waals surface area contributed by atoms with Gasteiger partial charge in [-0.1, -0.05) is 6.92 Å². The smallest absolute Gasteiger partial charge is 0.0507 e. The van der Waals surface area contributed by atoms with Crippen LogP contribution >= 0.6 is 11.8 Å². The van der Waals surface area contributed by atoms with Crippen molar-refractivity contribution in [3.63, 3.8) is 0 Å². The summed E-state index contributed by atoms with van der Waals surface area (Å²) in [4.78, 5) is 0. The van der Waals surface area contributed by atoms with E-state index in [4.69, 9.17) is 4.74 Å². The van der Waals surface area contributed by atoms with Gasteiger partial charge in [-0.2, -0.15) is 11.8 Å². The monoisotopic (exact) mass is 203 g/mol.